The first-order valence-electron chi connectivity index (χ1n) is 5.33. The first-order valence-corrected chi connectivity index (χ1v) is 7.00. The quantitative estimate of drug-likeness (QED) is 0.799. The van der Waals surface area contributed by atoms with Gasteiger partial charge in [0.15, 0.2) is 0 Å². The van der Waals surface area contributed by atoms with Crippen LogP contribution in [-0.2, 0) is 6.54 Å². The summed E-state index contributed by atoms with van der Waals surface area (Å²) in [6.07, 6.45) is 5.75. The third kappa shape index (κ3) is 2.67. The third-order valence-electron chi connectivity index (χ3n) is 2.84. The van der Waals surface area contributed by atoms with E-state index in [4.69, 9.17) is 11.6 Å². The molecule has 1 aliphatic rings. The molecule has 5 heteroatoms. The molecule has 1 aromatic heterocycles. The molecule has 1 atom stereocenters. The van der Waals surface area contributed by atoms with E-state index in [1.54, 1.807) is 0 Å². The molecular formula is C10H16ClN3S. The van der Waals surface area contributed by atoms with Crippen LogP contribution in [0, 0.1) is 0 Å². The van der Waals surface area contributed by atoms with Gasteiger partial charge in [-0.2, -0.15) is 11.8 Å². The Morgan fingerprint density at radius 1 is 1.53 bits per heavy atom. The molecule has 1 heterocycles. The van der Waals surface area contributed by atoms with Crippen LogP contribution in [0.5, 0.6) is 0 Å². The van der Waals surface area contributed by atoms with Crippen molar-refractivity contribution in [3.8, 4) is 0 Å². The van der Waals surface area contributed by atoms with E-state index in [9.17, 15) is 0 Å². The summed E-state index contributed by atoms with van der Waals surface area (Å²) < 4.78 is 2.08. The fourth-order valence-corrected chi connectivity index (χ4v) is 2.12. The van der Waals surface area contributed by atoms with Gasteiger partial charge in [0.1, 0.15) is 5.82 Å². The third-order valence-corrected chi connectivity index (χ3v) is 4.16. The highest BCUT2D eigenvalue weighted by atomic mass is 35.5. The van der Waals surface area contributed by atoms with Gasteiger partial charge >= 0.3 is 0 Å². The maximum absolute atomic E-state index is 6.03. The lowest BCUT2D eigenvalue weighted by atomic mass is 10.3. The molecule has 0 amide bonds. The van der Waals surface area contributed by atoms with Crippen molar-refractivity contribution in [1.82, 2.24) is 14.8 Å². The number of aromatic nitrogens is 3. The molecule has 0 aliphatic heterocycles. The fraction of sp³-hybridized carbons (Fsp3) is 0.800. The van der Waals surface area contributed by atoms with Gasteiger partial charge in [-0.15, -0.1) is 10.2 Å². The van der Waals surface area contributed by atoms with Crippen molar-refractivity contribution in [2.75, 3.05) is 6.26 Å². The molecule has 1 aromatic rings. The van der Waals surface area contributed by atoms with Gasteiger partial charge < -0.3 is 4.57 Å². The number of hydrogen-bond donors (Lipinski definition) is 0. The zero-order valence-corrected chi connectivity index (χ0v) is 10.7. The van der Waals surface area contributed by atoms with Gasteiger partial charge in [0.05, 0.1) is 0 Å². The molecule has 3 nitrogen and oxygen atoms in total. The lowest BCUT2D eigenvalue weighted by Gasteiger charge is -2.10. The summed E-state index contributed by atoms with van der Waals surface area (Å²) in [6, 6.07) is 0. The minimum absolute atomic E-state index is 0.546. The number of hydrogen-bond acceptors (Lipinski definition) is 3. The highest BCUT2D eigenvalue weighted by Crippen LogP contribution is 2.39. The molecule has 84 valence electrons. The van der Waals surface area contributed by atoms with Crippen LogP contribution >= 0.6 is 23.4 Å². The van der Waals surface area contributed by atoms with Gasteiger partial charge in [0.2, 0.25) is 5.28 Å². The van der Waals surface area contributed by atoms with E-state index in [0.29, 0.717) is 16.5 Å². The summed E-state index contributed by atoms with van der Waals surface area (Å²) in [4.78, 5) is 0. The van der Waals surface area contributed by atoms with Gasteiger partial charge in [-0.25, -0.2) is 0 Å². The molecule has 1 unspecified atom stereocenters. The second-order valence-corrected chi connectivity index (χ2v) is 5.70. The standard InChI is InChI=1S/C10H16ClN3S/c1-7(15-2)5-6-14-9(8-3-4-8)12-13-10(14)11/h7-8H,3-6H2,1-2H3. The van der Waals surface area contributed by atoms with Crippen LogP contribution in [0.4, 0.5) is 0 Å². The Balaban J connectivity index is 2.02. The second kappa shape index (κ2) is 4.74. The van der Waals surface area contributed by atoms with E-state index in [-0.39, 0.29) is 0 Å². The largest absolute Gasteiger partial charge is 0.302 e. The van der Waals surface area contributed by atoms with Crippen LogP contribution in [0.1, 0.15) is 37.9 Å². The first-order chi connectivity index (χ1) is 7.22. The van der Waals surface area contributed by atoms with E-state index in [0.717, 1.165) is 18.8 Å². The molecule has 0 saturated heterocycles. The minimum atomic E-state index is 0.546. The molecule has 1 aliphatic carbocycles. The maximum atomic E-state index is 6.03. The van der Waals surface area contributed by atoms with Crippen molar-refractivity contribution in [3.63, 3.8) is 0 Å². The summed E-state index contributed by atoms with van der Waals surface area (Å²) in [5.74, 6) is 1.71. The van der Waals surface area contributed by atoms with Crippen molar-refractivity contribution >= 4 is 23.4 Å². The zero-order valence-electron chi connectivity index (χ0n) is 9.11. The zero-order chi connectivity index (χ0) is 10.8. The smallest absolute Gasteiger partial charge is 0.225 e. The Morgan fingerprint density at radius 3 is 2.87 bits per heavy atom. The number of halogens is 1. The molecule has 2 rings (SSSR count). The van der Waals surface area contributed by atoms with Crippen molar-refractivity contribution in [2.45, 2.75) is 43.9 Å². The average molecular weight is 246 g/mol. The minimum Gasteiger partial charge on any atom is -0.302 e. The van der Waals surface area contributed by atoms with Crippen LogP contribution in [0.2, 0.25) is 5.28 Å². The van der Waals surface area contributed by atoms with Crippen molar-refractivity contribution in [3.05, 3.63) is 11.1 Å². The van der Waals surface area contributed by atoms with E-state index >= 15 is 0 Å². The summed E-state index contributed by atoms with van der Waals surface area (Å²) in [5, 5.41) is 9.32. The normalized spacial score (nSPS) is 18.1. The van der Waals surface area contributed by atoms with E-state index < -0.39 is 0 Å². The predicted octanol–water partition coefficient (Wildman–Crippen LogP) is 2.95. The van der Waals surface area contributed by atoms with Crippen LogP contribution in [-0.4, -0.2) is 26.3 Å². The number of thioether (sulfide) groups is 1. The lowest BCUT2D eigenvalue weighted by molar-refractivity contribution is 0.611. The SMILES string of the molecule is CSC(C)CCn1c(Cl)nnc1C1CC1. The maximum Gasteiger partial charge on any atom is 0.225 e. The Morgan fingerprint density at radius 2 is 2.27 bits per heavy atom. The Bertz CT molecular complexity index is 335. The monoisotopic (exact) mass is 245 g/mol. The van der Waals surface area contributed by atoms with Crippen molar-refractivity contribution in [1.29, 1.82) is 0 Å². The van der Waals surface area contributed by atoms with Gasteiger partial charge in [0, 0.05) is 17.7 Å². The molecule has 0 radical (unpaired) electrons. The summed E-state index contributed by atoms with van der Waals surface area (Å²) in [5.41, 5.74) is 0. The van der Waals surface area contributed by atoms with Crippen LogP contribution < -0.4 is 0 Å². The van der Waals surface area contributed by atoms with Gasteiger partial charge in [-0.3, -0.25) is 0 Å². The molecule has 0 spiro atoms. The van der Waals surface area contributed by atoms with Gasteiger partial charge in [-0.1, -0.05) is 6.92 Å². The Kier molecular flexibility index (Phi) is 3.57. The molecule has 1 saturated carbocycles. The van der Waals surface area contributed by atoms with E-state index in [2.05, 4.69) is 27.9 Å². The average Bonchev–Trinajstić information content (AvgIpc) is 3.01. The molecular weight excluding hydrogens is 230 g/mol. The highest BCUT2D eigenvalue weighted by Gasteiger charge is 2.29. The number of rotatable bonds is 5. The Labute approximate surface area is 99.6 Å². The van der Waals surface area contributed by atoms with E-state index in [1.165, 1.54) is 12.8 Å². The number of nitrogens with zero attached hydrogens (tertiary/aromatic N) is 3. The summed E-state index contributed by atoms with van der Waals surface area (Å²) >= 11 is 7.91. The topological polar surface area (TPSA) is 30.7 Å². The van der Waals surface area contributed by atoms with E-state index in [1.807, 2.05) is 11.8 Å². The fourth-order valence-electron chi connectivity index (χ4n) is 1.57. The molecule has 0 aromatic carbocycles. The molecule has 0 N–H and O–H groups in total. The lowest BCUT2D eigenvalue weighted by Crippen LogP contribution is -2.08. The van der Waals surface area contributed by atoms with Crippen LogP contribution in [0.25, 0.3) is 0 Å². The summed E-state index contributed by atoms with van der Waals surface area (Å²) in [7, 11) is 0. The highest BCUT2D eigenvalue weighted by molar-refractivity contribution is 7.99. The molecule has 15 heavy (non-hydrogen) atoms. The van der Waals surface area contributed by atoms with Crippen molar-refractivity contribution in [2.24, 2.45) is 0 Å². The summed E-state index contributed by atoms with van der Waals surface area (Å²) in [6.45, 7) is 3.18. The van der Waals surface area contributed by atoms with Crippen LogP contribution in [0.15, 0.2) is 0 Å². The van der Waals surface area contributed by atoms with Gasteiger partial charge in [0.25, 0.3) is 0 Å². The van der Waals surface area contributed by atoms with Crippen molar-refractivity contribution < 1.29 is 0 Å². The molecule has 0 bridgehead atoms. The Hall–Kier alpha value is -0.220. The van der Waals surface area contributed by atoms with Crippen LogP contribution in [0.3, 0.4) is 0 Å². The predicted molar refractivity (Wildman–Crippen MR) is 64.6 cm³/mol. The van der Waals surface area contributed by atoms with Gasteiger partial charge in [-0.05, 0) is 37.1 Å². The second-order valence-electron chi connectivity index (χ2n) is 4.09. The first kappa shape index (κ1) is 11.3. The molecule has 1 fully saturated rings.